The largest absolute Gasteiger partial charge is 0.348 e. The number of aryl methyl sites for hydroxylation is 1. The monoisotopic (exact) mass is 285 g/mol. The molecule has 0 radical (unpaired) electrons. The highest BCUT2D eigenvalue weighted by atomic mass is 16.1. The van der Waals surface area contributed by atoms with E-state index >= 15 is 0 Å². The molecule has 21 heavy (non-hydrogen) atoms. The fraction of sp³-hybridized carbons (Fsp3) is 0.400. The number of aromatic amines is 1. The summed E-state index contributed by atoms with van der Waals surface area (Å²) in [6.45, 7) is 3.72. The molecule has 3 rings (SSSR count). The van der Waals surface area contributed by atoms with E-state index in [4.69, 9.17) is 0 Å². The van der Waals surface area contributed by atoms with Crippen molar-refractivity contribution < 1.29 is 4.79 Å². The lowest BCUT2D eigenvalue weighted by atomic mass is 10.1. The highest BCUT2D eigenvalue weighted by Crippen LogP contribution is 2.16. The van der Waals surface area contributed by atoms with Crippen molar-refractivity contribution in [3.63, 3.8) is 0 Å². The second kappa shape index (κ2) is 6.05. The average Bonchev–Trinajstić information content (AvgIpc) is 2.95. The van der Waals surface area contributed by atoms with Crippen molar-refractivity contribution in [2.75, 3.05) is 13.1 Å². The first-order chi connectivity index (χ1) is 10.2. The normalized spacial score (nSPS) is 18.4. The van der Waals surface area contributed by atoms with Gasteiger partial charge in [0.15, 0.2) is 5.82 Å². The number of hydrogen-bond donors (Lipinski definition) is 3. The molecule has 2 heterocycles. The summed E-state index contributed by atoms with van der Waals surface area (Å²) in [6, 6.07) is 7.61. The molecule has 1 amide bonds. The number of amides is 1. The molecule has 1 atom stereocenters. The van der Waals surface area contributed by atoms with E-state index < -0.39 is 0 Å². The smallest absolute Gasteiger partial charge is 0.251 e. The number of aromatic nitrogens is 3. The average molecular weight is 285 g/mol. The van der Waals surface area contributed by atoms with Crippen LogP contribution in [0.4, 0.5) is 0 Å². The third kappa shape index (κ3) is 3.28. The molecule has 1 fully saturated rings. The molecule has 2 aromatic rings. The predicted octanol–water partition coefficient (Wildman–Crippen LogP) is 1.26. The molecule has 6 nitrogen and oxygen atoms in total. The van der Waals surface area contributed by atoms with Crippen LogP contribution in [0.25, 0.3) is 11.4 Å². The van der Waals surface area contributed by atoms with Crippen molar-refractivity contribution in [1.82, 2.24) is 25.8 Å². The summed E-state index contributed by atoms with van der Waals surface area (Å²) in [5, 5.41) is 13.3. The first kappa shape index (κ1) is 13.8. The number of nitrogens with zero attached hydrogens (tertiary/aromatic N) is 2. The minimum Gasteiger partial charge on any atom is -0.348 e. The zero-order chi connectivity index (χ0) is 14.7. The molecule has 6 heteroatoms. The van der Waals surface area contributed by atoms with Gasteiger partial charge in [-0.15, -0.1) is 0 Å². The van der Waals surface area contributed by atoms with Crippen LogP contribution >= 0.6 is 0 Å². The van der Waals surface area contributed by atoms with E-state index in [9.17, 15) is 4.79 Å². The second-order valence-corrected chi connectivity index (χ2v) is 5.34. The first-order valence-electron chi connectivity index (χ1n) is 7.23. The van der Waals surface area contributed by atoms with Gasteiger partial charge in [-0.2, -0.15) is 5.10 Å². The van der Waals surface area contributed by atoms with Gasteiger partial charge in [0, 0.05) is 23.7 Å². The molecule has 0 bridgehead atoms. The molecule has 0 aliphatic carbocycles. The molecule has 1 saturated heterocycles. The topological polar surface area (TPSA) is 82.7 Å². The van der Waals surface area contributed by atoms with E-state index in [2.05, 4.69) is 25.8 Å². The summed E-state index contributed by atoms with van der Waals surface area (Å²) in [7, 11) is 0. The number of rotatable bonds is 3. The van der Waals surface area contributed by atoms with Crippen LogP contribution in [0.1, 0.15) is 29.0 Å². The summed E-state index contributed by atoms with van der Waals surface area (Å²) in [5.41, 5.74) is 1.48. The van der Waals surface area contributed by atoms with Gasteiger partial charge in [-0.1, -0.05) is 12.1 Å². The lowest BCUT2D eigenvalue weighted by molar-refractivity contribution is 0.0930. The summed E-state index contributed by atoms with van der Waals surface area (Å²) >= 11 is 0. The Morgan fingerprint density at radius 1 is 1.43 bits per heavy atom. The number of carbonyl (C=O) groups excluding carboxylic acids is 1. The zero-order valence-electron chi connectivity index (χ0n) is 12.0. The van der Waals surface area contributed by atoms with Gasteiger partial charge in [0.25, 0.3) is 5.91 Å². The molecule has 1 aromatic carbocycles. The van der Waals surface area contributed by atoms with Gasteiger partial charge in [0.1, 0.15) is 5.82 Å². The third-order valence-corrected chi connectivity index (χ3v) is 3.61. The van der Waals surface area contributed by atoms with E-state index in [-0.39, 0.29) is 11.9 Å². The van der Waals surface area contributed by atoms with Crippen molar-refractivity contribution in [3.8, 4) is 11.4 Å². The lowest BCUT2D eigenvalue weighted by Gasteiger charge is -2.23. The first-order valence-corrected chi connectivity index (χ1v) is 7.23. The van der Waals surface area contributed by atoms with Crippen molar-refractivity contribution in [1.29, 1.82) is 0 Å². The van der Waals surface area contributed by atoms with Gasteiger partial charge in [-0.3, -0.25) is 9.89 Å². The zero-order valence-corrected chi connectivity index (χ0v) is 12.0. The Hall–Kier alpha value is -2.21. The fourth-order valence-corrected chi connectivity index (χ4v) is 2.52. The number of benzene rings is 1. The maximum atomic E-state index is 12.3. The molecular formula is C15H19N5O. The number of nitrogens with one attached hydrogen (secondary N) is 3. The second-order valence-electron chi connectivity index (χ2n) is 5.34. The van der Waals surface area contributed by atoms with Crippen LogP contribution < -0.4 is 10.6 Å². The van der Waals surface area contributed by atoms with Crippen LogP contribution in [-0.4, -0.2) is 40.2 Å². The highest BCUT2D eigenvalue weighted by Gasteiger charge is 2.16. The molecule has 3 N–H and O–H groups in total. The van der Waals surface area contributed by atoms with E-state index in [0.717, 1.165) is 37.3 Å². The quantitative estimate of drug-likeness (QED) is 0.793. The molecular weight excluding hydrogens is 266 g/mol. The molecule has 0 spiro atoms. The van der Waals surface area contributed by atoms with Crippen molar-refractivity contribution in [2.45, 2.75) is 25.8 Å². The van der Waals surface area contributed by atoms with E-state index in [0.29, 0.717) is 11.4 Å². The van der Waals surface area contributed by atoms with E-state index in [1.54, 1.807) is 0 Å². The predicted molar refractivity (Wildman–Crippen MR) is 79.9 cm³/mol. The van der Waals surface area contributed by atoms with Crippen LogP contribution in [0.15, 0.2) is 24.3 Å². The molecule has 1 aliphatic heterocycles. The van der Waals surface area contributed by atoms with Gasteiger partial charge >= 0.3 is 0 Å². The lowest BCUT2D eigenvalue weighted by Crippen LogP contribution is -2.45. The van der Waals surface area contributed by atoms with Crippen LogP contribution in [-0.2, 0) is 0 Å². The number of carbonyl (C=O) groups is 1. The summed E-state index contributed by atoms with van der Waals surface area (Å²) in [4.78, 5) is 16.6. The molecule has 1 aromatic heterocycles. The molecule has 0 saturated carbocycles. The number of piperidine rings is 1. The van der Waals surface area contributed by atoms with Crippen LogP contribution in [0.3, 0.4) is 0 Å². The Labute approximate surface area is 123 Å². The standard InChI is InChI=1S/C15H19N5O/c1-10-17-14(20-19-10)11-4-2-5-12(8-11)15(21)18-13-6-3-7-16-9-13/h2,4-5,8,13,16H,3,6-7,9H2,1H3,(H,18,21)(H,17,19,20)/t13-/m0/s1. The van der Waals surface area contributed by atoms with Crippen molar-refractivity contribution >= 4 is 5.91 Å². The Balaban J connectivity index is 1.74. The maximum absolute atomic E-state index is 12.3. The minimum atomic E-state index is -0.0437. The SMILES string of the molecule is Cc1nc(-c2cccc(C(=O)N[C@H]3CCCNC3)c2)n[nH]1. The van der Waals surface area contributed by atoms with Gasteiger partial charge in [0.05, 0.1) is 0 Å². The Kier molecular flexibility index (Phi) is 3.96. The van der Waals surface area contributed by atoms with E-state index in [1.165, 1.54) is 0 Å². The Morgan fingerprint density at radius 3 is 3.05 bits per heavy atom. The van der Waals surface area contributed by atoms with E-state index in [1.807, 2.05) is 31.2 Å². The number of H-pyrrole nitrogens is 1. The van der Waals surface area contributed by atoms with Crippen LogP contribution in [0, 0.1) is 6.92 Å². The summed E-state index contributed by atoms with van der Waals surface area (Å²) in [5.74, 6) is 1.33. The Bertz CT molecular complexity index is 630. The summed E-state index contributed by atoms with van der Waals surface area (Å²) in [6.07, 6.45) is 2.13. The van der Waals surface area contributed by atoms with Gasteiger partial charge in [-0.05, 0) is 38.4 Å². The highest BCUT2D eigenvalue weighted by molar-refractivity contribution is 5.95. The van der Waals surface area contributed by atoms with Crippen molar-refractivity contribution in [2.24, 2.45) is 0 Å². The van der Waals surface area contributed by atoms with Gasteiger partial charge in [0.2, 0.25) is 0 Å². The Morgan fingerprint density at radius 2 is 2.33 bits per heavy atom. The third-order valence-electron chi connectivity index (χ3n) is 3.61. The van der Waals surface area contributed by atoms with Gasteiger partial charge in [-0.25, -0.2) is 4.98 Å². The van der Waals surface area contributed by atoms with Crippen LogP contribution in [0.2, 0.25) is 0 Å². The molecule has 1 aliphatic rings. The minimum absolute atomic E-state index is 0.0437. The molecule has 110 valence electrons. The maximum Gasteiger partial charge on any atom is 0.251 e. The van der Waals surface area contributed by atoms with Crippen LogP contribution in [0.5, 0.6) is 0 Å². The van der Waals surface area contributed by atoms with Crippen molar-refractivity contribution in [3.05, 3.63) is 35.7 Å². The molecule has 0 unspecified atom stereocenters. The van der Waals surface area contributed by atoms with Gasteiger partial charge < -0.3 is 10.6 Å². The fourth-order valence-electron chi connectivity index (χ4n) is 2.52. The summed E-state index contributed by atoms with van der Waals surface area (Å²) < 4.78 is 0. The number of hydrogen-bond acceptors (Lipinski definition) is 4.